The van der Waals surface area contributed by atoms with E-state index in [1.807, 2.05) is 0 Å². The standard InChI is InChI=1S/C18H34N2S/c1-7-10-16(20-21-6)13-15-11-8-9-12-17(15)19-18(4,5)14(2)3/h13-15,20H,7-12H2,1-6H3/b16-13-,19-17-/t15-/m0/s1. The van der Waals surface area contributed by atoms with Crippen molar-refractivity contribution in [2.24, 2.45) is 16.8 Å². The summed E-state index contributed by atoms with van der Waals surface area (Å²) < 4.78 is 3.46. The number of rotatable bonds is 7. The molecule has 21 heavy (non-hydrogen) atoms. The Bertz CT molecular complexity index is 361. The van der Waals surface area contributed by atoms with E-state index < -0.39 is 0 Å². The van der Waals surface area contributed by atoms with Crippen LogP contribution in [0.15, 0.2) is 16.8 Å². The smallest absolute Gasteiger partial charge is 0.0574 e. The molecule has 1 fully saturated rings. The summed E-state index contributed by atoms with van der Waals surface area (Å²) in [5.41, 5.74) is 2.86. The molecule has 3 heteroatoms. The minimum absolute atomic E-state index is 0.0522. The van der Waals surface area contributed by atoms with E-state index in [4.69, 9.17) is 4.99 Å². The summed E-state index contributed by atoms with van der Waals surface area (Å²) in [6.45, 7) is 11.3. The zero-order valence-corrected chi connectivity index (χ0v) is 15.6. The highest BCUT2D eigenvalue weighted by atomic mass is 32.2. The number of hydrogen-bond acceptors (Lipinski definition) is 3. The van der Waals surface area contributed by atoms with Crippen LogP contribution in [0.2, 0.25) is 0 Å². The molecule has 0 unspecified atom stereocenters. The lowest BCUT2D eigenvalue weighted by atomic mass is 9.84. The van der Waals surface area contributed by atoms with Crippen LogP contribution in [0.4, 0.5) is 0 Å². The maximum atomic E-state index is 5.16. The molecule has 0 aromatic carbocycles. The predicted octanol–water partition coefficient (Wildman–Crippen LogP) is 5.60. The Morgan fingerprint density at radius 1 is 1.43 bits per heavy atom. The summed E-state index contributed by atoms with van der Waals surface area (Å²) in [5.74, 6) is 1.12. The predicted molar refractivity (Wildman–Crippen MR) is 98.0 cm³/mol. The first-order valence-electron chi connectivity index (χ1n) is 8.49. The molecule has 1 aliphatic carbocycles. The van der Waals surface area contributed by atoms with Crippen molar-refractivity contribution in [3.8, 4) is 0 Å². The van der Waals surface area contributed by atoms with Gasteiger partial charge in [0.05, 0.1) is 5.54 Å². The van der Waals surface area contributed by atoms with Crippen molar-refractivity contribution in [2.45, 2.75) is 78.7 Å². The Hall–Kier alpha value is -0.440. The Morgan fingerprint density at radius 2 is 2.14 bits per heavy atom. The molecule has 0 amide bonds. The van der Waals surface area contributed by atoms with Crippen molar-refractivity contribution in [1.29, 1.82) is 0 Å². The van der Waals surface area contributed by atoms with Gasteiger partial charge < -0.3 is 4.72 Å². The van der Waals surface area contributed by atoms with Crippen LogP contribution < -0.4 is 4.72 Å². The van der Waals surface area contributed by atoms with Gasteiger partial charge in [0.25, 0.3) is 0 Å². The zero-order valence-electron chi connectivity index (χ0n) is 14.8. The van der Waals surface area contributed by atoms with Crippen LogP contribution in [-0.4, -0.2) is 17.5 Å². The zero-order chi connectivity index (χ0) is 15.9. The summed E-state index contributed by atoms with van der Waals surface area (Å²) in [6, 6.07) is 0. The van der Waals surface area contributed by atoms with Gasteiger partial charge in [0, 0.05) is 23.6 Å². The maximum absolute atomic E-state index is 5.16. The molecule has 1 aliphatic rings. The third kappa shape index (κ3) is 6.06. The van der Waals surface area contributed by atoms with Gasteiger partial charge in [-0.25, -0.2) is 0 Å². The third-order valence-electron chi connectivity index (χ3n) is 4.63. The largest absolute Gasteiger partial charge is 0.334 e. The molecule has 0 heterocycles. The topological polar surface area (TPSA) is 24.4 Å². The molecule has 1 rings (SSSR count). The number of hydrogen-bond donors (Lipinski definition) is 1. The van der Waals surface area contributed by atoms with Gasteiger partial charge in [-0.1, -0.05) is 51.6 Å². The molecule has 1 saturated carbocycles. The van der Waals surface area contributed by atoms with E-state index in [2.05, 4.69) is 51.7 Å². The van der Waals surface area contributed by atoms with Gasteiger partial charge in [0.1, 0.15) is 0 Å². The highest BCUT2D eigenvalue weighted by molar-refractivity contribution is 7.96. The molecule has 122 valence electrons. The van der Waals surface area contributed by atoms with Gasteiger partial charge in [0.2, 0.25) is 0 Å². The van der Waals surface area contributed by atoms with Crippen LogP contribution in [0.25, 0.3) is 0 Å². The molecule has 0 aromatic rings. The second-order valence-corrected chi connectivity index (χ2v) is 7.62. The van der Waals surface area contributed by atoms with Crippen molar-refractivity contribution < 1.29 is 0 Å². The second kappa shape index (κ2) is 8.87. The van der Waals surface area contributed by atoms with Crippen LogP contribution in [0, 0.1) is 11.8 Å². The second-order valence-electron chi connectivity index (χ2n) is 7.01. The van der Waals surface area contributed by atoms with E-state index >= 15 is 0 Å². The van der Waals surface area contributed by atoms with Crippen molar-refractivity contribution in [3.05, 3.63) is 11.8 Å². The van der Waals surface area contributed by atoms with E-state index in [1.54, 1.807) is 11.9 Å². The van der Waals surface area contributed by atoms with E-state index in [-0.39, 0.29) is 5.54 Å². The van der Waals surface area contributed by atoms with Crippen molar-refractivity contribution in [1.82, 2.24) is 4.72 Å². The van der Waals surface area contributed by atoms with Crippen molar-refractivity contribution in [2.75, 3.05) is 6.26 Å². The van der Waals surface area contributed by atoms with Gasteiger partial charge in [-0.2, -0.15) is 0 Å². The van der Waals surface area contributed by atoms with Gasteiger partial charge in [0.15, 0.2) is 0 Å². The minimum Gasteiger partial charge on any atom is -0.334 e. The Morgan fingerprint density at radius 3 is 2.71 bits per heavy atom. The molecule has 1 atom stereocenters. The number of allylic oxidation sites excluding steroid dienone is 2. The van der Waals surface area contributed by atoms with Crippen LogP contribution in [0.3, 0.4) is 0 Å². The highest BCUT2D eigenvalue weighted by Crippen LogP contribution is 2.29. The van der Waals surface area contributed by atoms with Crippen LogP contribution in [-0.2, 0) is 0 Å². The lowest BCUT2D eigenvalue weighted by Gasteiger charge is -2.30. The molecule has 1 N–H and O–H groups in total. The molecular weight excluding hydrogens is 276 g/mol. The van der Waals surface area contributed by atoms with Gasteiger partial charge in [-0.15, -0.1) is 0 Å². The first-order valence-corrected chi connectivity index (χ1v) is 9.71. The number of nitrogens with zero attached hydrogens (tertiary/aromatic N) is 1. The van der Waals surface area contributed by atoms with Gasteiger partial charge in [-0.3, -0.25) is 4.99 Å². The van der Waals surface area contributed by atoms with Crippen molar-refractivity contribution in [3.63, 3.8) is 0 Å². The molecule has 0 bridgehead atoms. The lowest BCUT2D eigenvalue weighted by molar-refractivity contribution is 0.372. The molecule has 0 aromatic heterocycles. The molecule has 0 saturated heterocycles. The highest BCUT2D eigenvalue weighted by Gasteiger charge is 2.26. The van der Waals surface area contributed by atoms with Gasteiger partial charge >= 0.3 is 0 Å². The summed E-state index contributed by atoms with van der Waals surface area (Å²) in [6.07, 6.45) is 12.0. The van der Waals surface area contributed by atoms with Crippen molar-refractivity contribution >= 4 is 17.7 Å². The average Bonchev–Trinajstić information content (AvgIpc) is 2.41. The van der Waals surface area contributed by atoms with Crippen LogP contribution in [0.1, 0.15) is 73.1 Å². The summed E-state index contributed by atoms with van der Waals surface area (Å²) >= 11 is 1.70. The van der Waals surface area contributed by atoms with Gasteiger partial charge in [-0.05, 0) is 45.4 Å². The summed E-state index contributed by atoms with van der Waals surface area (Å²) in [5, 5.41) is 0. The molecule has 2 nitrogen and oxygen atoms in total. The van der Waals surface area contributed by atoms with E-state index in [0.717, 1.165) is 6.42 Å². The quantitative estimate of drug-likeness (QED) is 0.619. The van der Waals surface area contributed by atoms with E-state index in [9.17, 15) is 0 Å². The first-order chi connectivity index (χ1) is 9.90. The monoisotopic (exact) mass is 310 g/mol. The number of aliphatic imine (C=N–C) groups is 1. The average molecular weight is 311 g/mol. The fourth-order valence-corrected chi connectivity index (χ4v) is 3.08. The Balaban J connectivity index is 2.95. The summed E-state index contributed by atoms with van der Waals surface area (Å²) in [4.78, 5) is 5.16. The lowest BCUT2D eigenvalue weighted by Crippen LogP contribution is -2.29. The summed E-state index contributed by atoms with van der Waals surface area (Å²) in [7, 11) is 0. The molecule has 0 aliphatic heterocycles. The molecule has 0 radical (unpaired) electrons. The fraction of sp³-hybridized carbons (Fsp3) is 0.833. The normalized spacial score (nSPS) is 22.9. The van der Waals surface area contributed by atoms with Crippen LogP contribution in [0.5, 0.6) is 0 Å². The fourth-order valence-electron chi connectivity index (χ4n) is 2.65. The van der Waals surface area contributed by atoms with E-state index in [0.29, 0.717) is 11.8 Å². The maximum Gasteiger partial charge on any atom is 0.0574 e. The van der Waals surface area contributed by atoms with E-state index in [1.165, 1.54) is 43.5 Å². The molecular formula is C18H34N2S. The molecule has 0 spiro atoms. The SMILES string of the molecule is CCC/C(=C/[C@@H]1CCCC/C1=N/C(C)(C)C(C)C)NSC. The minimum atomic E-state index is 0.0522. The van der Waals surface area contributed by atoms with Crippen LogP contribution >= 0.6 is 11.9 Å². The number of nitrogens with one attached hydrogen (secondary N) is 1. The first kappa shape index (κ1) is 18.6. The Kier molecular flexibility index (Phi) is 7.86. The Labute approximate surface area is 136 Å². The third-order valence-corrected chi connectivity index (χ3v) is 5.09.